The molecule has 7 heavy (non-hydrogen) atoms. The zero-order chi connectivity index (χ0) is 5.28. The number of hydrogen-bond acceptors (Lipinski definition) is 3. The van der Waals surface area contributed by atoms with Crippen LogP contribution < -0.4 is 0 Å². The van der Waals surface area contributed by atoms with Crippen LogP contribution in [0.25, 0.3) is 0 Å². The normalized spacial score (nSPS) is 42.0. The van der Waals surface area contributed by atoms with Crippen molar-refractivity contribution in [3.63, 3.8) is 0 Å². The monoisotopic (exact) mass is 152 g/mol. The molecule has 1 heterocycles. The molecule has 3 heteroatoms. The van der Waals surface area contributed by atoms with Crippen LogP contribution in [0.2, 0.25) is 0 Å². The van der Waals surface area contributed by atoms with Gasteiger partial charge in [0.1, 0.15) is 0 Å². The molecule has 0 amide bonds. The fourth-order valence-corrected chi connectivity index (χ4v) is 5.47. The summed E-state index contributed by atoms with van der Waals surface area (Å²) in [6, 6.07) is 0. The fourth-order valence-electron chi connectivity index (χ4n) is 0.472. The number of thioether (sulfide) groups is 1. The molecule has 0 aliphatic carbocycles. The average molecular weight is 152 g/mol. The van der Waals surface area contributed by atoms with Crippen molar-refractivity contribution in [2.24, 2.45) is 0 Å². The van der Waals surface area contributed by atoms with Crippen molar-refractivity contribution in [1.82, 2.24) is 0 Å². The molecule has 1 rings (SSSR count). The molecule has 0 spiro atoms. The lowest BCUT2D eigenvalue weighted by atomic mass is 10.9. The van der Waals surface area contributed by atoms with Crippen molar-refractivity contribution in [2.75, 3.05) is 0 Å². The van der Waals surface area contributed by atoms with Gasteiger partial charge in [0.25, 0.3) is 0 Å². The second-order valence-corrected chi connectivity index (χ2v) is 6.70. The standard InChI is InChI=1S/C4H8S3/c1-3-5-4(2)7-6-3/h3-4H,1-2H3/t3-,4-/m0/s1. The van der Waals surface area contributed by atoms with Crippen LogP contribution in [0.1, 0.15) is 13.8 Å². The third kappa shape index (κ3) is 1.78. The Hall–Kier alpha value is 1.05. The van der Waals surface area contributed by atoms with Crippen molar-refractivity contribution in [3.05, 3.63) is 0 Å². The topological polar surface area (TPSA) is 0 Å². The predicted molar refractivity (Wildman–Crippen MR) is 41.7 cm³/mol. The Morgan fingerprint density at radius 3 is 1.57 bits per heavy atom. The molecule has 0 N–H and O–H groups in total. The lowest BCUT2D eigenvalue weighted by Gasteiger charge is -1.93. The molecule has 0 nitrogen and oxygen atoms in total. The van der Waals surface area contributed by atoms with E-state index in [2.05, 4.69) is 13.8 Å². The maximum atomic E-state index is 2.26. The summed E-state index contributed by atoms with van der Waals surface area (Å²) in [7, 11) is 3.97. The van der Waals surface area contributed by atoms with E-state index in [1.54, 1.807) is 0 Å². The third-order valence-corrected chi connectivity index (χ3v) is 6.17. The largest absolute Gasteiger partial charge is 0.132 e. The molecule has 1 saturated heterocycles. The first kappa shape index (κ1) is 6.17. The smallest absolute Gasteiger partial charge is 0.0589 e. The molecule has 0 unspecified atom stereocenters. The van der Waals surface area contributed by atoms with Gasteiger partial charge >= 0.3 is 0 Å². The molecule has 0 bridgehead atoms. The summed E-state index contributed by atoms with van der Waals surface area (Å²) in [5, 5.41) is 0. The fraction of sp³-hybridized carbons (Fsp3) is 1.00. The van der Waals surface area contributed by atoms with Crippen LogP contribution >= 0.6 is 33.3 Å². The first-order valence-electron chi connectivity index (χ1n) is 2.26. The van der Waals surface area contributed by atoms with Crippen LogP contribution in [-0.4, -0.2) is 9.16 Å². The Labute approximate surface area is 56.6 Å². The van der Waals surface area contributed by atoms with Crippen LogP contribution in [0.5, 0.6) is 0 Å². The maximum Gasteiger partial charge on any atom is 0.0589 e. The molecule has 0 radical (unpaired) electrons. The van der Waals surface area contributed by atoms with E-state index in [4.69, 9.17) is 0 Å². The minimum Gasteiger partial charge on any atom is -0.132 e. The number of hydrogen-bond donors (Lipinski definition) is 0. The van der Waals surface area contributed by atoms with E-state index in [-0.39, 0.29) is 0 Å². The summed E-state index contributed by atoms with van der Waals surface area (Å²) in [5.41, 5.74) is 0. The van der Waals surface area contributed by atoms with Crippen LogP contribution in [0.4, 0.5) is 0 Å². The van der Waals surface area contributed by atoms with Crippen LogP contribution in [0, 0.1) is 0 Å². The van der Waals surface area contributed by atoms with E-state index in [0.717, 1.165) is 9.16 Å². The van der Waals surface area contributed by atoms with Crippen molar-refractivity contribution < 1.29 is 0 Å². The maximum absolute atomic E-state index is 2.26. The van der Waals surface area contributed by atoms with Gasteiger partial charge in [-0.25, -0.2) is 0 Å². The minimum absolute atomic E-state index is 0.819. The quantitative estimate of drug-likeness (QED) is 0.490. The van der Waals surface area contributed by atoms with E-state index in [1.165, 1.54) is 0 Å². The van der Waals surface area contributed by atoms with Gasteiger partial charge in [0.2, 0.25) is 0 Å². The Balaban J connectivity index is 2.26. The molecule has 0 aromatic rings. The van der Waals surface area contributed by atoms with Crippen LogP contribution in [0.15, 0.2) is 0 Å². The summed E-state index contributed by atoms with van der Waals surface area (Å²) < 4.78 is 1.64. The van der Waals surface area contributed by atoms with Crippen molar-refractivity contribution in [1.29, 1.82) is 0 Å². The molecular formula is C4H8S3. The zero-order valence-electron chi connectivity index (χ0n) is 4.38. The van der Waals surface area contributed by atoms with Crippen molar-refractivity contribution in [3.8, 4) is 0 Å². The van der Waals surface area contributed by atoms with Gasteiger partial charge in [0.15, 0.2) is 0 Å². The van der Waals surface area contributed by atoms with E-state index >= 15 is 0 Å². The Kier molecular flexibility index (Phi) is 2.25. The summed E-state index contributed by atoms with van der Waals surface area (Å²) in [4.78, 5) is 0. The molecule has 42 valence electrons. The summed E-state index contributed by atoms with van der Waals surface area (Å²) in [6.07, 6.45) is 0. The van der Waals surface area contributed by atoms with Gasteiger partial charge in [-0.15, -0.1) is 11.8 Å². The van der Waals surface area contributed by atoms with Gasteiger partial charge < -0.3 is 0 Å². The Morgan fingerprint density at radius 2 is 1.43 bits per heavy atom. The van der Waals surface area contributed by atoms with Gasteiger partial charge in [-0.1, -0.05) is 21.6 Å². The molecule has 1 aliphatic heterocycles. The van der Waals surface area contributed by atoms with Gasteiger partial charge in [-0.3, -0.25) is 0 Å². The predicted octanol–water partition coefficient (Wildman–Crippen LogP) is 2.81. The summed E-state index contributed by atoms with van der Waals surface area (Å²) in [5.74, 6) is 0. The highest BCUT2D eigenvalue weighted by Gasteiger charge is 2.18. The molecule has 1 fully saturated rings. The van der Waals surface area contributed by atoms with Crippen molar-refractivity contribution in [2.45, 2.75) is 23.0 Å². The molecule has 0 saturated carbocycles. The zero-order valence-corrected chi connectivity index (χ0v) is 6.83. The van der Waals surface area contributed by atoms with Gasteiger partial charge in [-0.2, -0.15) is 0 Å². The van der Waals surface area contributed by atoms with E-state index < -0.39 is 0 Å². The van der Waals surface area contributed by atoms with E-state index in [0.29, 0.717) is 0 Å². The highest BCUT2D eigenvalue weighted by Crippen LogP contribution is 2.49. The SMILES string of the molecule is C[C@@H]1SS[C@@H](C)S1. The lowest BCUT2D eigenvalue weighted by molar-refractivity contribution is 1.38. The molecular weight excluding hydrogens is 144 g/mol. The van der Waals surface area contributed by atoms with Crippen LogP contribution in [-0.2, 0) is 0 Å². The van der Waals surface area contributed by atoms with Crippen LogP contribution in [0.3, 0.4) is 0 Å². The van der Waals surface area contributed by atoms with Crippen molar-refractivity contribution >= 4 is 33.3 Å². The second kappa shape index (κ2) is 2.55. The van der Waals surface area contributed by atoms with E-state index in [9.17, 15) is 0 Å². The highest BCUT2D eigenvalue weighted by molar-refractivity contribution is 8.82. The molecule has 2 atom stereocenters. The Bertz CT molecular complexity index is 56.0. The molecule has 0 aromatic carbocycles. The van der Waals surface area contributed by atoms with Gasteiger partial charge in [-0.05, 0) is 13.8 Å². The number of rotatable bonds is 0. The van der Waals surface area contributed by atoms with E-state index in [1.807, 2.05) is 33.3 Å². The van der Waals surface area contributed by atoms with Gasteiger partial charge in [0.05, 0.1) is 9.16 Å². The highest BCUT2D eigenvalue weighted by atomic mass is 33.1. The second-order valence-electron chi connectivity index (χ2n) is 1.46. The molecule has 0 aromatic heterocycles. The molecule has 1 aliphatic rings. The lowest BCUT2D eigenvalue weighted by Crippen LogP contribution is -1.81. The summed E-state index contributed by atoms with van der Waals surface area (Å²) >= 11 is 2.05. The van der Waals surface area contributed by atoms with Gasteiger partial charge in [0, 0.05) is 0 Å². The minimum atomic E-state index is 0.819. The first-order valence-corrected chi connectivity index (χ1v) is 5.48. The third-order valence-electron chi connectivity index (χ3n) is 0.710. The summed E-state index contributed by atoms with van der Waals surface area (Å²) in [6.45, 7) is 4.51. The average Bonchev–Trinajstić information content (AvgIpc) is 1.87. The Morgan fingerprint density at radius 1 is 1.00 bits per heavy atom. The first-order chi connectivity index (χ1) is 3.29.